The lowest BCUT2D eigenvalue weighted by Gasteiger charge is -2.35. The van der Waals surface area contributed by atoms with Crippen LogP contribution in [0.5, 0.6) is 0 Å². The van der Waals surface area contributed by atoms with Crippen LogP contribution < -0.4 is 0 Å². The minimum Gasteiger partial charge on any atom is -0.461 e. The number of aliphatic hydroxyl groups excluding tert-OH is 1. The van der Waals surface area contributed by atoms with Crippen molar-refractivity contribution in [2.24, 2.45) is 11.8 Å². The van der Waals surface area contributed by atoms with E-state index < -0.39 is 35.6 Å². The molecule has 1 spiro atoms. The number of hydrogen-bond donors (Lipinski definition) is 1. The number of amides is 2. The van der Waals surface area contributed by atoms with Crippen molar-refractivity contribution in [2.45, 2.75) is 56.8 Å². The van der Waals surface area contributed by atoms with E-state index in [1.807, 2.05) is 12.2 Å². The van der Waals surface area contributed by atoms with Gasteiger partial charge < -0.3 is 24.4 Å². The van der Waals surface area contributed by atoms with Gasteiger partial charge in [0.05, 0.1) is 12.0 Å². The Morgan fingerprint density at radius 2 is 1.90 bits per heavy atom. The summed E-state index contributed by atoms with van der Waals surface area (Å²) in [6, 6.07) is -0.808. The molecule has 1 unspecified atom stereocenters. The second-order valence-electron chi connectivity index (χ2n) is 8.76. The van der Waals surface area contributed by atoms with Crippen LogP contribution in [-0.4, -0.2) is 83.3 Å². The molecule has 1 N–H and O–H groups in total. The van der Waals surface area contributed by atoms with E-state index in [1.165, 1.54) is 0 Å². The lowest BCUT2D eigenvalue weighted by Crippen LogP contribution is -2.55. The first kappa shape index (κ1) is 22.0. The Morgan fingerprint density at radius 1 is 1.10 bits per heavy atom. The summed E-state index contributed by atoms with van der Waals surface area (Å²) in [7, 11) is 0. The van der Waals surface area contributed by atoms with Gasteiger partial charge in [-0.25, -0.2) is 0 Å². The summed E-state index contributed by atoms with van der Waals surface area (Å²) >= 11 is 0. The van der Waals surface area contributed by atoms with Gasteiger partial charge in [0, 0.05) is 26.2 Å². The van der Waals surface area contributed by atoms with E-state index in [2.05, 4.69) is 6.92 Å². The van der Waals surface area contributed by atoms with Crippen LogP contribution in [0.15, 0.2) is 24.3 Å². The van der Waals surface area contributed by atoms with E-state index in [0.29, 0.717) is 32.5 Å². The summed E-state index contributed by atoms with van der Waals surface area (Å²) in [4.78, 5) is 43.5. The van der Waals surface area contributed by atoms with Gasteiger partial charge in [-0.2, -0.15) is 0 Å². The molecule has 0 aromatic heterocycles. The Morgan fingerprint density at radius 3 is 2.68 bits per heavy atom. The number of carbonyl (C=O) groups is 3. The molecule has 8 heteroatoms. The number of fused-ring (bicyclic) bond motifs is 2. The molecule has 4 aliphatic heterocycles. The third kappa shape index (κ3) is 3.69. The molecule has 2 saturated heterocycles. The molecule has 2 amide bonds. The topological polar surface area (TPSA) is 96.4 Å². The third-order valence-corrected chi connectivity index (χ3v) is 6.84. The Kier molecular flexibility index (Phi) is 6.48. The molecule has 4 heterocycles. The number of cyclic esters (lactones) is 1. The van der Waals surface area contributed by atoms with Crippen LogP contribution in [0.25, 0.3) is 0 Å². The number of carbonyl (C=O) groups excluding carboxylic acids is 3. The highest BCUT2D eigenvalue weighted by Crippen LogP contribution is 2.53. The van der Waals surface area contributed by atoms with E-state index in [1.54, 1.807) is 22.0 Å². The van der Waals surface area contributed by atoms with Crippen molar-refractivity contribution in [3.05, 3.63) is 24.3 Å². The van der Waals surface area contributed by atoms with Crippen LogP contribution >= 0.6 is 0 Å². The second-order valence-corrected chi connectivity index (χ2v) is 8.76. The van der Waals surface area contributed by atoms with E-state index in [9.17, 15) is 19.5 Å². The van der Waals surface area contributed by atoms with Gasteiger partial charge in [-0.1, -0.05) is 38.0 Å². The van der Waals surface area contributed by atoms with Crippen molar-refractivity contribution in [3.63, 3.8) is 0 Å². The summed E-state index contributed by atoms with van der Waals surface area (Å²) in [5, 5.41) is 9.20. The fourth-order valence-corrected chi connectivity index (χ4v) is 5.40. The van der Waals surface area contributed by atoms with Gasteiger partial charge in [-0.3, -0.25) is 14.4 Å². The Balaban J connectivity index is 1.71. The van der Waals surface area contributed by atoms with Crippen molar-refractivity contribution in [3.8, 4) is 0 Å². The maximum Gasteiger partial charge on any atom is 0.313 e. The van der Waals surface area contributed by atoms with Crippen molar-refractivity contribution < 1.29 is 29.0 Å². The molecular weight excluding hydrogens is 400 g/mol. The number of aliphatic hydroxyl groups is 1. The number of rotatable bonds is 8. The molecular formula is C23H32N2O6. The summed E-state index contributed by atoms with van der Waals surface area (Å²) in [5.74, 6) is -2.37. The quantitative estimate of drug-likeness (QED) is 0.350. The van der Waals surface area contributed by atoms with Gasteiger partial charge in [0.25, 0.3) is 0 Å². The van der Waals surface area contributed by atoms with Crippen LogP contribution in [0.1, 0.15) is 39.0 Å². The molecule has 8 nitrogen and oxygen atoms in total. The molecule has 0 radical (unpaired) electrons. The van der Waals surface area contributed by atoms with Gasteiger partial charge in [-0.05, 0) is 25.3 Å². The zero-order valence-electron chi connectivity index (χ0n) is 18.1. The Hall–Kier alpha value is -2.19. The molecule has 31 heavy (non-hydrogen) atoms. The summed E-state index contributed by atoms with van der Waals surface area (Å²) < 4.78 is 11.7. The average Bonchev–Trinajstić information content (AvgIpc) is 3.05. The molecule has 0 bridgehead atoms. The molecule has 4 rings (SSSR count). The Labute approximate surface area is 182 Å². The third-order valence-electron chi connectivity index (χ3n) is 6.84. The first-order chi connectivity index (χ1) is 15.0. The first-order valence-electron chi connectivity index (χ1n) is 11.4. The molecule has 5 atom stereocenters. The zero-order valence-corrected chi connectivity index (χ0v) is 18.1. The van der Waals surface area contributed by atoms with Crippen LogP contribution in [0.2, 0.25) is 0 Å². The molecule has 4 aliphatic rings. The minimum atomic E-state index is -1.18. The predicted octanol–water partition coefficient (Wildman–Crippen LogP) is 1.04. The van der Waals surface area contributed by atoms with Crippen LogP contribution in [0.3, 0.4) is 0 Å². The van der Waals surface area contributed by atoms with Crippen LogP contribution in [0.4, 0.5) is 0 Å². The lowest BCUT2D eigenvalue weighted by molar-refractivity contribution is -0.153. The molecule has 0 saturated carbocycles. The average molecular weight is 433 g/mol. The summed E-state index contributed by atoms with van der Waals surface area (Å²) in [6.07, 6.45) is 10.8. The van der Waals surface area contributed by atoms with Crippen molar-refractivity contribution >= 4 is 17.8 Å². The van der Waals surface area contributed by atoms with Crippen LogP contribution in [-0.2, 0) is 23.9 Å². The fourth-order valence-electron chi connectivity index (χ4n) is 5.40. The normalized spacial score (nSPS) is 34.3. The lowest BCUT2D eigenvalue weighted by atomic mass is 9.78. The molecule has 0 aromatic rings. The number of hydrogen-bond acceptors (Lipinski definition) is 6. The maximum absolute atomic E-state index is 13.7. The van der Waals surface area contributed by atoms with Crippen molar-refractivity contribution in [2.75, 3.05) is 32.8 Å². The standard InChI is InChI=1S/C23H32N2O6/c1-2-3-4-11-24-12-8-10-23-18(17-16(31-23)9-7-15-30-22(17)29)20(27)25(13-5-6-14-26)19(23)21(24)28/h7-10,16-19,26H,2-6,11-15H2,1H3/t16-,17+,18+,19?,23+/m1/s1. The van der Waals surface area contributed by atoms with Crippen molar-refractivity contribution in [1.82, 2.24) is 9.80 Å². The first-order valence-corrected chi connectivity index (χ1v) is 11.4. The molecule has 0 aliphatic carbocycles. The molecule has 0 aromatic carbocycles. The maximum atomic E-state index is 13.7. The largest absolute Gasteiger partial charge is 0.461 e. The predicted molar refractivity (Wildman–Crippen MR) is 112 cm³/mol. The van der Waals surface area contributed by atoms with Gasteiger partial charge in [0.1, 0.15) is 24.2 Å². The summed E-state index contributed by atoms with van der Waals surface area (Å²) in [5.41, 5.74) is -1.18. The molecule has 2 fully saturated rings. The number of unbranched alkanes of at least 4 members (excludes halogenated alkanes) is 3. The van der Waals surface area contributed by atoms with Crippen LogP contribution in [0, 0.1) is 11.8 Å². The Bertz CT molecular complexity index is 780. The zero-order chi connectivity index (χ0) is 22.0. The number of likely N-dealkylation sites (tertiary alicyclic amines) is 1. The van der Waals surface area contributed by atoms with Gasteiger partial charge in [0.15, 0.2) is 0 Å². The number of nitrogens with zero attached hydrogens (tertiary/aromatic N) is 2. The van der Waals surface area contributed by atoms with E-state index in [0.717, 1.165) is 19.3 Å². The highest BCUT2D eigenvalue weighted by atomic mass is 16.6. The minimum absolute atomic E-state index is 0.0244. The second kappa shape index (κ2) is 9.12. The van der Waals surface area contributed by atoms with Gasteiger partial charge in [0.2, 0.25) is 11.8 Å². The van der Waals surface area contributed by atoms with E-state index in [4.69, 9.17) is 9.47 Å². The smallest absolute Gasteiger partial charge is 0.313 e. The fraction of sp³-hybridized carbons (Fsp3) is 0.696. The highest BCUT2D eigenvalue weighted by Gasteiger charge is 2.71. The highest BCUT2D eigenvalue weighted by molar-refractivity contribution is 5.99. The van der Waals surface area contributed by atoms with E-state index in [-0.39, 0.29) is 25.0 Å². The number of esters is 1. The van der Waals surface area contributed by atoms with E-state index >= 15 is 0 Å². The number of ether oxygens (including phenoxy) is 2. The summed E-state index contributed by atoms with van der Waals surface area (Å²) in [6.45, 7) is 3.73. The molecule has 170 valence electrons. The monoisotopic (exact) mass is 432 g/mol. The van der Waals surface area contributed by atoms with Crippen molar-refractivity contribution in [1.29, 1.82) is 0 Å². The van der Waals surface area contributed by atoms with Gasteiger partial charge in [-0.15, -0.1) is 0 Å². The SMILES string of the molecule is CCCCCN1CC=C[C@]23O[C@@H]4C=CCOC(=O)[C@@H]4[C@H]2C(=O)N(CCCCO)C3C1=O. The van der Waals surface area contributed by atoms with Gasteiger partial charge >= 0.3 is 5.97 Å².